The summed E-state index contributed by atoms with van der Waals surface area (Å²) in [5.74, 6) is -0.0974. The van der Waals surface area contributed by atoms with E-state index in [0.29, 0.717) is 24.5 Å². The molecule has 6 nitrogen and oxygen atoms in total. The standard InChI is InChI=1S/C15H19N3O3/c1-9-8-21-11(7-19)6-18(9)15(20)13-5-10-3-2-4-12(16)14(10)17-13/h2-5,9,11,17,19H,6-8,16H2,1H3. The van der Waals surface area contributed by atoms with E-state index in [4.69, 9.17) is 10.5 Å². The Balaban J connectivity index is 1.90. The fourth-order valence-electron chi connectivity index (χ4n) is 2.66. The Morgan fingerprint density at radius 1 is 1.57 bits per heavy atom. The third-order valence-corrected chi connectivity index (χ3v) is 3.89. The number of para-hydroxylation sites is 1. The van der Waals surface area contributed by atoms with Crippen molar-refractivity contribution in [3.8, 4) is 0 Å². The second-order valence-electron chi connectivity index (χ2n) is 5.44. The number of rotatable bonds is 2. The van der Waals surface area contributed by atoms with Crippen molar-refractivity contribution < 1.29 is 14.6 Å². The molecule has 2 aromatic rings. The Morgan fingerprint density at radius 2 is 2.38 bits per heavy atom. The van der Waals surface area contributed by atoms with Crippen LogP contribution in [0, 0.1) is 0 Å². The SMILES string of the molecule is CC1COC(CO)CN1C(=O)c1cc2cccc(N)c2[nH]1. The topological polar surface area (TPSA) is 91.6 Å². The first kappa shape index (κ1) is 13.9. The van der Waals surface area contributed by atoms with E-state index >= 15 is 0 Å². The highest BCUT2D eigenvalue weighted by Gasteiger charge is 2.30. The van der Waals surface area contributed by atoms with Crippen LogP contribution in [0.1, 0.15) is 17.4 Å². The van der Waals surface area contributed by atoms with Gasteiger partial charge in [0.25, 0.3) is 5.91 Å². The molecular formula is C15H19N3O3. The predicted molar refractivity (Wildman–Crippen MR) is 80.0 cm³/mol. The summed E-state index contributed by atoms with van der Waals surface area (Å²) in [6.45, 7) is 2.67. The maximum absolute atomic E-state index is 12.7. The van der Waals surface area contributed by atoms with Crippen molar-refractivity contribution in [2.45, 2.75) is 19.1 Å². The number of fused-ring (bicyclic) bond motifs is 1. The van der Waals surface area contributed by atoms with Crippen molar-refractivity contribution in [1.82, 2.24) is 9.88 Å². The molecule has 2 atom stereocenters. The molecule has 1 aliphatic rings. The number of carbonyl (C=O) groups is 1. The van der Waals surface area contributed by atoms with Crippen LogP contribution in [0.3, 0.4) is 0 Å². The Bertz CT molecular complexity index is 667. The van der Waals surface area contributed by atoms with Gasteiger partial charge in [0.05, 0.1) is 36.6 Å². The summed E-state index contributed by atoms with van der Waals surface area (Å²) in [5, 5.41) is 10.1. The van der Waals surface area contributed by atoms with Crippen LogP contribution in [0.15, 0.2) is 24.3 Å². The van der Waals surface area contributed by atoms with Gasteiger partial charge in [-0.3, -0.25) is 4.79 Å². The molecule has 112 valence electrons. The van der Waals surface area contributed by atoms with E-state index in [-0.39, 0.29) is 24.7 Å². The Hall–Kier alpha value is -2.05. The first-order valence-corrected chi connectivity index (χ1v) is 7.00. The van der Waals surface area contributed by atoms with E-state index in [2.05, 4.69) is 4.98 Å². The van der Waals surface area contributed by atoms with Gasteiger partial charge in [-0.25, -0.2) is 0 Å². The summed E-state index contributed by atoms with van der Waals surface area (Å²) in [6.07, 6.45) is -0.320. The summed E-state index contributed by atoms with van der Waals surface area (Å²) >= 11 is 0. The number of nitrogens with two attached hydrogens (primary N) is 1. The average molecular weight is 289 g/mol. The molecule has 21 heavy (non-hydrogen) atoms. The van der Waals surface area contributed by atoms with Gasteiger partial charge in [-0.15, -0.1) is 0 Å². The number of H-pyrrole nitrogens is 1. The molecule has 1 fully saturated rings. The quantitative estimate of drug-likeness (QED) is 0.718. The van der Waals surface area contributed by atoms with Crippen LogP contribution in [0.4, 0.5) is 5.69 Å². The summed E-state index contributed by atoms with van der Waals surface area (Å²) in [6, 6.07) is 7.36. The number of aromatic amines is 1. The second kappa shape index (κ2) is 5.38. The largest absolute Gasteiger partial charge is 0.397 e. The minimum atomic E-state index is -0.320. The number of carbonyl (C=O) groups excluding carboxylic acids is 1. The molecule has 0 radical (unpaired) electrons. The average Bonchev–Trinajstić information content (AvgIpc) is 2.93. The van der Waals surface area contributed by atoms with Gasteiger partial charge in [-0.1, -0.05) is 12.1 Å². The summed E-state index contributed by atoms with van der Waals surface area (Å²) in [7, 11) is 0. The molecule has 0 aliphatic carbocycles. The number of aromatic nitrogens is 1. The predicted octanol–water partition coefficient (Wildman–Crippen LogP) is 0.972. The van der Waals surface area contributed by atoms with E-state index in [0.717, 1.165) is 10.9 Å². The van der Waals surface area contributed by atoms with Crippen LogP contribution in [-0.2, 0) is 4.74 Å². The molecule has 1 aliphatic heterocycles. The number of ether oxygens (including phenoxy) is 1. The normalized spacial score (nSPS) is 22.7. The molecule has 1 saturated heterocycles. The fraction of sp³-hybridized carbons (Fsp3) is 0.400. The molecule has 3 rings (SSSR count). The van der Waals surface area contributed by atoms with Crippen LogP contribution < -0.4 is 5.73 Å². The first-order chi connectivity index (χ1) is 10.1. The number of nitrogens with zero attached hydrogens (tertiary/aromatic N) is 1. The molecule has 0 bridgehead atoms. The second-order valence-corrected chi connectivity index (χ2v) is 5.44. The van der Waals surface area contributed by atoms with Gasteiger partial charge < -0.3 is 25.5 Å². The number of morpholine rings is 1. The highest BCUT2D eigenvalue weighted by Crippen LogP contribution is 2.23. The zero-order valence-electron chi connectivity index (χ0n) is 11.9. The van der Waals surface area contributed by atoms with Gasteiger partial charge in [-0.05, 0) is 19.1 Å². The Labute approximate surface area is 122 Å². The zero-order chi connectivity index (χ0) is 15.0. The number of benzene rings is 1. The van der Waals surface area contributed by atoms with E-state index in [9.17, 15) is 9.90 Å². The third kappa shape index (κ3) is 2.48. The van der Waals surface area contributed by atoms with Gasteiger partial charge in [-0.2, -0.15) is 0 Å². The zero-order valence-corrected chi connectivity index (χ0v) is 11.9. The molecule has 2 unspecified atom stereocenters. The lowest BCUT2D eigenvalue weighted by Crippen LogP contribution is -2.52. The van der Waals surface area contributed by atoms with Crippen molar-refractivity contribution >= 4 is 22.5 Å². The number of nitrogens with one attached hydrogen (secondary N) is 1. The van der Waals surface area contributed by atoms with E-state index < -0.39 is 0 Å². The van der Waals surface area contributed by atoms with E-state index in [1.165, 1.54) is 0 Å². The number of hydrogen-bond acceptors (Lipinski definition) is 4. The number of hydrogen-bond donors (Lipinski definition) is 3. The molecule has 1 amide bonds. The number of anilines is 1. The summed E-state index contributed by atoms with van der Waals surface area (Å²) in [4.78, 5) is 17.5. The maximum Gasteiger partial charge on any atom is 0.270 e. The van der Waals surface area contributed by atoms with E-state index in [1.807, 2.05) is 25.1 Å². The molecule has 6 heteroatoms. The van der Waals surface area contributed by atoms with Crippen LogP contribution in [-0.4, -0.2) is 52.8 Å². The Morgan fingerprint density at radius 3 is 3.10 bits per heavy atom. The van der Waals surface area contributed by atoms with Crippen LogP contribution in [0.25, 0.3) is 10.9 Å². The number of aliphatic hydroxyl groups excluding tert-OH is 1. The fourth-order valence-corrected chi connectivity index (χ4v) is 2.66. The molecule has 1 aromatic heterocycles. The van der Waals surface area contributed by atoms with Crippen LogP contribution in [0.5, 0.6) is 0 Å². The van der Waals surface area contributed by atoms with Crippen molar-refractivity contribution in [2.24, 2.45) is 0 Å². The molecule has 2 heterocycles. The lowest BCUT2D eigenvalue weighted by Gasteiger charge is -2.37. The molecule has 0 saturated carbocycles. The van der Waals surface area contributed by atoms with Crippen molar-refractivity contribution in [2.75, 3.05) is 25.5 Å². The molecular weight excluding hydrogens is 270 g/mol. The first-order valence-electron chi connectivity index (χ1n) is 7.00. The van der Waals surface area contributed by atoms with Crippen molar-refractivity contribution in [3.63, 3.8) is 0 Å². The molecule has 0 spiro atoms. The summed E-state index contributed by atoms with van der Waals surface area (Å²) in [5.41, 5.74) is 7.82. The smallest absolute Gasteiger partial charge is 0.270 e. The van der Waals surface area contributed by atoms with Crippen molar-refractivity contribution in [3.05, 3.63) is 30.0 Å². The highest BCUT2D eigenvalue weighted by atomic mass is 16.5. The van der Waals surface area contributed by atoms with E-state index in [1.54, 1.807) is 11.0 Å². The minimum absolute atomic E-state index is 0.0240. The third-order valence-electron chi connectivity index (χ3n) is 3.89. The molecule has 4 N–H and O–H groups in total. The van der Waals surface area contributed by atoms with Gasteiger partial charge in [0.15, 0.2) is 0 Å². The lowest BCUT2D eigenvalue weighted by molar-refractivity contribution is -0.0668. The maximum atomic E-state index is 12.7. The highest BCUT2D eigenvalue weighted by molar-refractivity contribution is 6.01. The van der Waals surface area contributed by atoms with Gasteiger partial charge in [0, 0.05) is 11.9 Å². The van der Waals surface area contributed by atoms with Gasteiger partial charge >= 0.3 is 0 Å². The number of aliphatic hydroxyl groups is 1. The van der Waals surface area contributed by atoms with Crippen molar-refractivity contribution in [1.29, 1.82) is 0 Å². The number of amides is 1. The monoisotopic (exact) mass is 289 g/mol. The number of nitrogen functional groups attached to an aromatic ring is 1. The van der Waals surface area contributed by atoms with Gasteiger partial charge in [0.1, 0.15) is 5.69 Å². The lowest BCUT2D eigenvalue weighted by atomic mass is 10.1. The minimum Gasteiger partial charge on any atom is -0.397 e. The Kier molecular flexibility index (Phi) is 3.57. The molecule has 1 aromatic carbocycles. The van der Waals surface area contributed by atoms with Crippen LogP contribution >= 0.6 is 0 Å². The van der Waals surface area contributed by atoms with Crippen LogP contribution in [0.2, 0.25) is 0 Å². The van der Waals surface area contributed by atoms with Gasteiger partial charge in [0.2, 0.25) is 0 Å². The summed E-state index contributed by atoms with van der Waals surface area (Å²) < 4.78 is 5.46.